The Hall–Kier alpha value is -1.64. The van der Waals surface area contributed by atoms with Gasteiger partial charge in [0.25, 0.3) is 0 Å². The highest BCUT2D eigenvalue weighted by Crippen LogP contribution is 2.21. The molecule has 0 amide bonds. The van der Waals surface area contributed by atoms with Gasteiger partial charge in [0.05, 0.1) is 6.10 Å². The van der Waals surface area contributed by atoms with E-state index in [-0.39, 0.29) is 6.10 Å². The van der Waals surface area contributed by atoms with E-state index in [4.69, 9.17) is 0 Å². The third-order valence-corrected chi connectivity index (χ3v) is 4.35. The third kappa shape index (κ3) is 3.93. The summed E-state index contributed by atoms with van der Waals surface area (Å²) in [6, 6.07) is 19.8. The Morgan fingerprint density at radius 2 is 1.43 bits per heavy atom. The number of benzene rings is 2. The lowest BCUT2D eigenvalue weighted by Gasteiger charge is -2.26. The minimum atomic E-state index is -0.0757. The second-order valence-electron chi connectivity index (χ2n) is 5.95. The summed E-state index contributed by atoms with van der Waals surface area (Å²) >= 11 is 0. The van der Waals surface area contributed by atoms with Gasteiger partial charge in [0.2, 0.25) is 0 Å². The van der Waals surface area contributed by atoms with Crippen LogP contribution in [-0.4, -0.2) is 17.3 Å². The predicted molar refractivity (Wildman–Crippen MR) is 87.0 cm³/mol. The van der Waals surface area contributed by atoms with Gasteiger partial charge in [0.1, 0.15) is 0 Å². The molecule has 2 nitrogen and oxygen atoms in total. The Morgan fingerprint density at radius 3 is 2.10 bits per heavy atom. The van der Waals surface area contributed by atoms with E-state index >= 15 is 0 Å². The molecule has 2 N–H and O–H groups in total. The number of nitrogens with one attached hydrogen (secondary N) is 1. The molecule has 1 saturated carbocycles. The molecule has 1 aliphatic rings. The zero-order valence-electron chi connectivity index (χ0n) is 12.3. The molecule has 1 aliphatic carbocycles. The molecular formula is C19H23NO. The van der Waals surface area contributed by atoms with E-state index in [0.29, 0.717) is 6.04 Å². The molecule has 110 valence electrons. The molecule has 0 saturated heterocycles. The first-order chi connectivity index (χ1) is 10.3. The van der Waals surface area contributed by atoms with Crippen molar-refractivity contribution in [3.8, 4) is 11.1 Å². The van der Waals surface area contributed by atoms with Crippen molar-refractivity contribution in [3.05, 3.63) is 60.2 Å². The van der Waals surface area contributed by atoms with E-state index in [0.717, 1.165) is 32.2 Å². The zero-order valence-corrected chi connectivity index (χ0v) is 12.3. The van der Waals surface area contributed by atoms with Crippen LogP contribution in [0.3, 0.4) is 0 Å². The Bertz CT molecular complexity index is 542. The highest BCUT2D eigenvalue weighted by atomic mass is 16.3. The van der Waals surface area contributed by atoms with Gasteiger partial charge in [-0.1, -0.05) is 54.6 Å². The third-order valence-electron chi connectivity index (χ3n) is 4.35. The lowest BCUT2D eigenvalue weighted by Crippen LogP contribution is -2.34. The van der Waals surface area contributed by atoms with E-state index in [1.54, 1.807) is 0 Å². The quantitative estimate of drug-likeness (QED) is 0.894. The molecule has 2 aromatic carbocycles. The van der Waals surface area contributed by atoms with Gasteiger partial charge in [-0.05, 0) is 42.4 Å². The maximum Gasteiger partial charge on any atom is 0.0541 e. The smallest absolute Gasteiger partial charge is 0.0541 e. The number of hydrogen-bond donors (Lipinski definition) is 2. The molecule has 1 fully saturated rings. The number of rotatable bonds is 4. The summed E-state index contributed by atoms with van der Waals surface area (Å²) in [6.07, 6.45) is 3.97. The molecule has 0 radical (unpaired) electrons. The van der Waals surface area contributed by atoms with Crippen LogP contribution in [0.15, 0.2) is 54.6 Å². The Kier molecular flexibility index (Phi) is 4.69. The summed E-state index contributed by atoms with van der Waals surface area (Å²) in [4.78, 5) is 0. The fourth-order valence-electron chi connectivity index (χ4n) is 2.99. The fourth-order valence-corrected chi connectivity index (χ4v) is 2.99. The summed E-state index contributed by atoms with van der Waals surface area (Å²) < 4.78 is 0. The summed E-state index contributed by atoms with van der Waals surface area (Å²) in [5.41, 5.74) is 3.85. The minimum Gasteiger partial charge on any atom is -0.393 e. The molecule has 0 aromatic heterocycles. The summed E-state index contributed by atoms with van der Waals surface area (Å²) in [5, 5.41) is 13.1. The van der Waals surface area contributed by atoms with Crippen LogP contribution >= 0.6 is 0 Å². The first-order valence-corrected chi connectivity index (χ1v) is 7.87. The van der Waals surface area contributed by atoms with Crippen LogP contribution in [-0.2, 0) is 6.54 Å². The first-order valence-electron chi connectivity index (χ1n) is 7.87. The largest absolute Gasteiger partial charge is 0.393 e. The van der Waals surface area contributed by atoms with Crippen LogP contribution in [0.5, 0.6) is 0 Å². The number of hydrogen-bond acceptors (Lipinski definition) is 2. The maximum absolute atomic E-state index is 9.52. The Balaban J connectivity index is 1.55. The maximum atomic E-state index is 9.52. The van der Waals surface area contributed by atoms with Crippen molar-refractivity contribution in [1.82, 2.24) is 5.32 Å². The van der Waals surface area contributed by atoms with Crippen LogP contribution in [0.2, 0.25) is 0 Å². The number of aliphatic hydroxyl groups excluding tert-OH is 1. The van der Waals surface area contributed by atoms with Gasteiger partial charge in [0.15, 0.2) is 0 Å². The van der Waals surface area contributed by atoms with Crippen molar-refractivity contribution in [2.24, 2.45) is 0 Å². The monoisotopic (exact) mass is 281 g/mol. The predicted octanol–water partition coefficient (Wildman–Crippen LogP) is 3.75. The van der Waals surface area contributed by atoms with E-state index in [9.17, 15) is 5.11 Å². The van der Waals surface area contributed by atoms with Crippen LogP contribution < -0.4 is 5.32 Å². The van der Waals surface area contributed by atoms with Crippen molar-refractivity contribution in [2.45, 2.75) is 44.4 Å². The molecule has 3 rings (SSSR count). The molecule has 21 heavy (non-hydrogen) atoms. The summed E-state index contributed by atoms with van der Waals surface area (Å²) in [7, 11) is 0. The molecule has 0 atom stereocenters. The van der Waals surface area contributed by atoms with E-state index < -0.39 is 0 Å². The van der Waals surface area contributed by atoms with Gasteiger partial charge < -0.3 is 10.4 Å². The molecule has 0 aliphatic heterocycles. The van der Waals surface area contributed by atoms with Gasteiger partial charge in [-0.2, -0.15) is 0 Å². The zero-order chi connectivity index (χ0) is 14.5. The first kappa shape index (κ1) is 14.3. The topological polar surface area (TPSA) is 32.3 Å². The van der Waals surface area contributed by atoms with Crippen molar-refractivity contribution in [2.75, 3.05) is 0 Å². The van der Waals surface area contributed by atoms with Crippen LogP contribution in [0.4, 0.5) is 0 Å². The van der Waals surface area contributed by atoms with Gasteiger partial charge in [-0.25, -0.2) is 0 Å². The fraction of sp³-hybridized carbons (Fsp3) is 0.368. The van der Waals surface area contributed by atoms with Crippen molar-refractivity contribution in [3.63, 3.8) is 0 Å². The highest BCUT2D eigenvalue weighted by molar-refractivity contribution is 5.63. The standard InChI is InChI=1S/C19H23NO/c21-19-12-10-18(11-13-19)20-14-15-6-8-17(9-7-15)16-4-2-1-3-5-16/h1-9,18-21H,10-14H2. The minimum absolute atomic E-state index is 0.0757. The van der Waals surface area contributed by atoms with Gasteiger partial charge in [0, 0.05) is 12.6 Å². The second-order valence-corrected chi connectivity index (χ2v) is 5.95. The summed E-state index contributed by atoms with van der Waals surface area (Å²) in [6.45, 7) is 0.913. The SMILES string of the molecule is OC1CCC(NCc2ccc(-c3ccccc3)cc2)CC1. The Labute approximate surface area is 126 Å². The van der Waals surface area contributed by atoms with Gasteiger partial charge in [-0.3, -0.25) is 0 Å². The normalized spacial score (nSPS) is 22.1. The van der Waals surface area contributed by atoms with E-state index in [1.165, 1.54) is 16.7 Å². The lowest BCUT2D eigenvalue weighted by molar-refractivity contribution is 0.116. The average molecular weight is 281 g/mol. The molecule has 0 unspecified atom stereocenters. The molecule has 0 heterocycles. The molecule has 2 heteroatoms. The average Bonchev–Trinajstić information content (AvgIpc) is 2.56. The molecule has 0 bridgehead atoms. The lowest BCUT2D eigenvalue weighted by atomic mass is 9.93. The van der Waals surface area contributed by atoms with E-state index in [1.807, 2.05) is 6.07 Å². The number of aliphatic hydroxyl groups is 1. The highest BCUT2D eigenvalue weighted by Gasteiger charge is 2.18. The van der Waals surface area contributed by atoms with Crippen molar-refractivity contribution in [1.29, 1.82) is 0 Å². The van der Waals surface area contributed by atoms with Gasteiger partial charge in [-0.15, -0.1) is 0 Å². The van der Waals surface area contributed by atoms with Gasteiger partial charge >= 0.3 is 0 Å². The molecule has 2 aromatic rings. The van der Waals surface area contributed by atoms with Crippen LogP contribution in [0, 0.1) is 0 Å². The van der Waals surface area contributed by atoms with Crippen molar-refractivity contribution >= 4 is 0 Å². The Morgan fingerprint density at radius 1 is 0.810 bits per heavy atom. The van der Waals surface area contributed by atoms with Crippen LogP contribution in [0.1, 0.15) is 31.2 Å². The van der Waals surface area contributed by atoms with E-state index in [2.05, 4.69) is 53.8 Å². The van der Waals surface area contributed by atoms with Crippen molar-refractivity contribution < 1.29 is 5.11 Å². The molecule has 0 spiro atoms. The summed E-state index contributed by atoms with van der Waals surface area (Å²) in [5.74, 6) is 0. The van der Waals surface area contributed by atoms with Crippen LogP contribution in [0.25, 0.3) is 11.1 Å². The second kappa shape index (κ2) is 6.88. The molecular weight excluding hydrogens is 258 g/mol.